The number of aromatic nitrogens is 3. The fourth-order valence-corrected chi connectivity index (χ4v) is 3.93. The lowest BCUT2D eigenvalue weighted by Gasteiger charge is -2.32. The van der Waals surface area contributed by atoms with Crippen molar-refractivity contribution in [1.29, 1.82) is 0 Å². The van der Waals surface area contributed by atoms with Crippen LogP contribution in [-0.4, -0.2) is 39.1 Å². The fourth-order valence-electron chi connectivity index (χ4n) is 3.93. The molecule has 7 nitrogen and oxygen atoms in total. The van der Waals surface area contributed by atoms with Gasteiger partial charge in [0, 0.05) is 12.4 Å². The van der Waals surface area contributed by atoms with E-state index in [0.29, 0.717) is 18.1 Å². The van der Waals surface area contributed by atoms with Crippen molar-refractivity contribution in [3.63, 3.8) is 0 Å². The van der Waals surface area contributed by atoms with E-state index >= 15 is 0 Å². The molecule has 3 heterocycles. The van der Waals surface area contributed by atoms with Gasteiger partial charge in [0.05, 0.1) is 18.2 Å². The van der Waals surface area contributed by atoms with Crippen molar-refractivity contribution in [3.8, 4) is 11.5 Å². The Hall–Kier alpha value is -2.54. The van der Waals surface area contributed by atoms with E-state index in [1.165, 1.54) is 25.5 Å². The van der Waals surface area contributed by atoms with Crippen molar-refractivity contribution in [2.24, 2.45) is 0 Å². The second-order valence-corrected chi connectivity index (χ2v) is 7.12. The summed E-state index contributed by atoms with van der Waals surface area (Å²) in [6, 6.07) is 5.28. The summed E-state index contributed by atoms with van der Waals surface area (Å²) in [7, 11) is 0. The Morgan fingerprint density at radius 2 is 2.08 bits per heavy atom. The Bertz CT molecular complexity index is 843. The molecule has 0 radical (unpaired) electrons. The number of nitrogens with zero attached hydrogens (tertiary/aromatic N) is 2. The monoisotopic (exact) mass is 354 g/mol. The number of ether oxygens (including phenoxy) is 1. The van der Waals surface area contributed by atoms with E-state index in [0.717, 1.165) is 19.3 Å². The molecule has 0 aromatic carbocycles. The Morgan fingerprint density at radius 1 is 1.23 bits per heavy atom. The van der Waals surface area contributed by atoms with Crippen molar-refractivity contribution >= 4 is 5.91 Å². The SMILES string of the molecule is O=C(NC1COC2(CCCCC2)C1)c1cnc(-c2ccccn2)[nH]c1=O. The predicted octanol–water partition coefficient (Wildman–Crippen LogP) is 2.05. The first kappa shape index (κ1) is 16.9. The van der Waals surface area contributed by atoms with Crippen molar-refractivity contribution in [3.05, 3.63) is 46.5 Å². The quantitative estimate of drug-likeness (QED) is 0.879. The smallest absolute Gasteiger partial charge is 0.264 e. The number of H-pyrrole nitrogens is 1. The second kappa shape index (κ2) is 6.99. The molecule has 1 unspecified atom stereocenters. The van der Waals surface area contributed by atoms with Crippen LogP contribution in [0.25, 0.3) is 11.5 Å². The molecule has 1 saturated carbocycles. The Kier molecular flexibility index (Phi) is 4.55. The van der Waals surface area contributed by atoms with Crippen LogP contribution in [0.5, 0.6) is 0 Å². The molecule has 1 saturated heterocycles. The van der Waals surface area contributed by atoms with Gasteiger partial charge in [-0.25, -0.2) is 4.98 Å². The maximum Gasteiger partial charge on any atom is 0.264 e. The minimum atomic E-state index is -0.468. The number of amides is 1. The highest BCUT2D eigenvalue weighted by molar-refractivity contribution is 5.93. The lowest BCUT2D eigenvalue weighted by molar-refractivity contribution is -0.0246. The molecule has 4 rings (SSSR count). The molecule has 1 aliphatic carbocycles. The predicted molar refractivity (Wildman–Crippen MR) is 95.7 cm³/mol. The number of carbonyl (C=O) groups excluding carboxylic acids is 1. The molecule has 2 aliphatic rings. The van der Waals surface area contributed by atoms with Gasteiger partial charge in [0.1, 0.15) is 11.3 Å². The highest BCUT2D eigenvalue weighted by atomic mass is 16.5. The van der Waals surface area contributed by atoms with Crippen molar-refractivity contribution in [2.45, 2.75) is 50.2 Å². The topological polar surface area (TPSA) is 97.0 Å². The molecule has 2 aromatic rings. The third-order valence-corrected chi connectivity index (χ3v) is 5.26. The molecule has 1 aliphatic heterocycles. The first-order valence-corrected chi connectivity index (χ1v) is 9.11. The molecule has 2 fully saturated rings. The van der Waals surface area contributed by atoms with E-state index in [4.69, 9.17) is 4.74 Å². The van der Waals surface area contributed by atoms with Gasteiger partial charge < -0.3 is 15.0 Å². The number of hydrogen-bond donors (Lipinski definition) is 2. The van der Waals surface area contributed by atoms with Crippen LogP contribution >= 0.6 is 0 Å². The molecule has 2 N–H and O–H groups in total. The molecule has 136 valence electrons. The van der Waals surface area contributed by atoms with Gasteiger partial charge in [-0.1, -0.05) is 25.3 Å². The molecular formula is C19H22N4O3. The average Bonchev–Trinajstić information content (AvgIpc) is 3.04. The first-order chi connectivity index (χ1) is 12.7. The Labute approximate surface area is 151 Å². The van der Waals surface area contributed by atoms with Crippen molar-refractivity contribution < 1.29 is 9.53 Å². The first-order valence-electron chi connectivity index (χ1n) is 9.11. The van der Waals surface area contributed by atoms with E-state index in [1.54, 1.807) is 18.3 Å². The lowest BCUT2D eigenvalue weighted by atomic mass is 9.82. The minimum absolute atomic E-state index is 0.00859. The molecule has 26 heavy (non-hydrogen) atoms. The van der Waals surface area contributed by atoms with Crippen LogP contribution in [0, 0.1) is 0 Å². The number of aromatic amines is 1. The third kappa shape index (κ3) is 3.39. The maximum absolute atomic E-state index is 12.5. The summed E-state index contributed by atoms with van der Waals surface area (Å²) in [6.45, 7) is 0.503. The van der Waals surface area contributed by atoms with Gasteiger partial charge in [0.25, 0.3) is 11.5 Å². The van der Waals surface area contributed by atoms with Crippen LogP contribution in [0.3, 0.4) is 0 Å². The number of rotatable bonds is 3. The molecule has 0 bridgehead atoms. The molecule has 7 heteroatoms. The summed E-state index contributed by atoms with van der Waals surface area (Å²) in [5.41, 5.74) is 0.0164. The third-order valence-electron chi connectivity index (χ3n) is 5.26. The zero-order valence-corrected chi connectivity index (χ0v) is 14.5. The zero-order chi connectivity index (χ0) is 18.0. The Balaban J connectivity index is 1.45. The largest absolute Gasteiger partial charge is 0.373 e. The van der Waals surface area contributed by atoms with Crippen molar-refractivity contribution in [1.82, 2.24) is 20.3 Å². The van der Waals surface area contributed by atoms with Gasteiger partial charge in [-0.3, -0.25) is 14.6 Å². The molecular weight excluding hydrogens is 332 g/mol. The van der Waals surface area contributed by atoms with Gasteiger partial charge in [-0.05, 0) is 31.4 Å². The van der Waals surface area contributed by atoms with Gasteiger partial charge in [0.2, 0.25) is 0 Å². The fraction of sp³-hybridized carbons (Fsp3) is 0.474. The molecule has 2 aromatic heterocycles. The van der Waals surface area contributed by atoms with Crippen LogP contribution in [0.2, 0.25) is 0 Å². The number of pyridine rings is 1. The van der Waals surface area contributed by atoms with Crippen LogP contribution in [0.15, 0.2) is 35.4 Å². The zero-order valence-electron chi connectivity index (χ0n) is 14.5. The van der Waals surface area contributed by atoms with E-state index in [2.05, 4.69) is 20.3 Å². The second-order valence-electron chi connectivity index (χ2n) is 7.12. The summed E-state index contributed by atoms with van der Waals surface area (Å²) in [5, 5.41) is 2.93. The standard InChI is InChI=1S/C19H22N4O3/c24-17(22-13-10-19(26-12-13)7-3-1-4-8-19)14-11-21-16(23-18(14)25)15-6-2-5-9-20-15/h2,5-6,9,11,13H,1,3-4,7-8,10,12H2,(H,22,24)(H,21,23,25). The van der Waals surface area contributed by atoms with E-state index < -0.39 is 11.5 Å². The Morgan fingerprint density at radius 3 is 2.81 bits per heavy atom. The van der Waals surface area contributed by atoms with Crippen LogP contribution in [-0.2, 0) is 4.74 Å². The lowest BCUT2D eigenvalue weighted by Crippen LogP contribution is -2.39. The maximum atomic E-state index is 12.5. The van der Waals surface area contributed by atoms with Gasteiger partial charge in [-0.2, -0.15) is 0 Å². The van der Waals surface area contributed by atoms with Crippen LogP contribution in [0.4, 0.5) is 0 Å². The molecule has 1 amide bonds. The van der Waals surface area contributed by atoms with Crippen LogP contribution in [0.1, 0.15) is 48.9 Å². The van der Waals surface area contributed by atoms with Gasteiger partial charge in [-0.15, -0.1) is 0 Å². The average molecular weight is 354 g/mol. The van der Waals surface area contributed by atoms with E-state index in [-0.39, 0.29) is 17.2 Å². The summed E-state index contributed by atoms with van der Waals surface area (Å²) < 4.78 is 6.01. The molecule has 1 atom stereocenters. The number of hydrogen-bond acceptors (Lipinski definition) is 5. The molecule has 1 spiro atoms. The van der Waals surface area contributed by atoms with Crippen molar-refractivity contribution in [2.75, 3.05) is 6.61 Å². The highest BCUT2D eigenvalue weighted by Crippen LogP contribution is 2.39. The van der Waals surface area contributed by atoms with Gasteiger partial charge in [0.15, 0.2) is 5.82 Å². The summed E-state index contributed by atoms with van der Waals surface area (Å²) in [4.78, 5) is 35.8. The van der Waals surface area contributed by atoms with Crippen LogP contribution < -0.4 is 10.9 Å². The highest BCUT2D eigenvalue weighted by Gasteiger charge is 2.41. The number of carbonyl (C=O) groups is 1. The summed E-state index contributed by atoms with van der Waals surface area (Å²) >= 11 is 0. The van der Waals surface area contributed by atoms with E-state index in [9.17, 15) is 9.59 Å². The number of nitrogens with one attached hydrogen (secondary N) is 2. The minimum Gasteiger partial charge on any atom is -0.373 e. The normalized spacial score (nSPS) is 21.6. The summed E-state index contributed by atoms with van der Waals surface area (Å²) in [6.07, 6.45) is 9.47. The summed E-state index contributed by atoms with van der Waals surface area (Å²) in [5.74, 6) is -0.0645. The van der Waals surface area contributed by atoms with E-state index in [1.807, 2.05) is 6.07 Å². The van der Waals surface area contributed by atoms with Gasteiger partial charge >= 0.3 is 0 Å².